The maximum atomic E-state index is 14.1. The molecule has 1 saturated heterocycles. The minimum absolute atomic E-state index is 0.0746. The summed E-state index contributed by atoms with van der Waals surface area (Å²) in [7, 11) is -4.86. The fourth-order valence-corrected chi connectivity index (χ4v) is 4.81. The maximum absolute atomic E-state index is 14.1. The number of sulfonamides is 1. The Hall–Kier alpha value is -2.22. The Balaban J connectivity index is 2.02. The molecule has 1 aliphatic heterocycles. The molecule has 7 nitrogen and oxygen atoms in total. The van der Waals surface area contributed by atoms with Crippen LogP contribution in [0.4, 0.5) is 27.6 Å². The monoisotopic (exact) mass is 489 g/mol. The van der Waals surface area contributed by atoms with E-state index in [0.717, 1.165) is 0 Å². The molecule has 3 N–H and O–H groups in total. The summed E-state index contributed by atoms with van der Waals surface area (Å²) in [6.07, 6.45) is 0.163. The smallest absolute Gasteiger partial charge is 0.276 e. The minimum atomic E-state index is -4.86. The third-order valence-corrected chi connectivity index (χ3v) is 6.41. The van der Waals surface area contributed by atoms with Crippen molar-refractivity contribution in [2.75, 3.05) is 18.4 Å². The largest absolute Gasteiger partial charge is 0.344 e. The van der Waals surface area contributed by atoms with E-state index in [2.05, 4.69) is 5.32 Å². The Bertz CT molecular complexity index is 1220. The number of nitrogens with one attached hydrogen (secondary N) is 3. The Morgan fingerprint density at radius 1 is 1.32 bits per heavy atom. The topological polar surface area (TPSA) is 92.2 Å². The molecule has 0 bridgehead atoms. The van der Waals surface area contributed by atoms with Gasteiger partial charge in [0.25, 0.3) is 11.8 Å². The van der Waals surface area contributed by atoms with Gasteiger partial charge in [0.05, 0.1) is 17.6 Å². The van der Waals surface area contributed by atoms with E-state index in [1.807, 2.05) is 5.32 Å². The summed E-state index contributed by atoms with van der Waals surface area (Å²) < 4.78 is 118. The molecular formula is C17H16ClF5N4O3S. The number of aryl methyl sites for hydroxylation is 1. The highest BCUT2D eigenvalue weighted by molar-refractivity contribution is 7.89. The number of alkyl halides is 2. The molecule has 170 valence electrons. The van der Waals surface area contributed by atoms with Gasteiger partial charge in [-0.3, -0.25) is 4.79 Å². The lowest BCUT2D eigenvalue weighted by molar-refractivity contribution is -0.0442. The van der Waals surface area contributed by atoms with Crippen molar-refractivity contribution in [3.8, 4) is 0 Å². The second-order valence-corrected chi connectivity index (χ2v) is 8.69. The number of amides is 1. The summed E-state index contributed by atoms with van der Waals surface area (Å²) in [6.45, 7) is -3.91. The van der Waals surface area contributed by atoms with Gasteiger partial charge in [-0.05, 0) is 13.0 Å². The van der Waals surface area contributed by atoms with Gasteiger partial charge in [0, 0.05) is 35.1 Å². The van der Waals surface area contributed by atoms with Crippen LogP contribution in [-0.2, 0) is 17.0 Å². The van der Waals surface area contributed by atoms with Gasteiger partial charge in [-0.15, -0.1) is 0 Å². The number of piperidine rings is 1. The van der Waals surface area contributed by atoms with Crippen LogP contribution in [0.2, 0.25) is 5.02 Å². The normalized spacial score (nSPS) is 20.6. The Morgan fingerprint density at radius 3 is 2.55 bits per heavy atom. The van der Waals surface area contributed by atoms with Gasteiger partial charge in [-0.2, -0.15) is 0 Å². The molecule has 2 heterocycles. The lowest BCUT2D eigenvalue weighted by atomic mass is 10.0. The summed E-state index contributed by atoms with van der Waals surface area (Å²) in [5.41, 5.74) is -1.60. The standard InChI is InChI=1S/C17H16ClF5N4O3S/c1-27-6-11(31(29,30)26-12-2-3-24-7-17(12,22)23)13(18)15(27)16(28)25-8-4-9(19)14(21)10(20)5-8/h4-6,12,24,26H,2-3,7H2,1H3,(H,25,28)/i1D3. The third-order valence-electron chi connectivity index (χ3n) is 4.44. The molecule has 31 heavy (non-hydrogen) atoms. The van der Waals surface area contributed by atoms with E-state index in [-0.39, 0.29) is 17.5 Å². The van der Waals surface area contributed by atoms with Crippen LogP contribution in [0.5, 0.6) is 0 Å². The summed E-state index contributed by atoms with van der Waals surface area (Å²) >= 11 is 6.00. The number of carbonyl (C=O) groups excluding carboxylic acids is 1. The van der Waals surface area contributed by atoms with Crippen LogP contribution in [-0.4, -0.2) is 43.9 Å². The van der Waals surface area contributed by atoms with E-state index in [1.54, 1.807) is 4.72 Å². The lowest BCUT2D eigenvalue weighted by Crippen LogP contribution is -2.57. The fourth-order valence-electron chi connectivity index (χ4n) is 2.91. The van der Waals surface area contributed by atoms with Crippen molar-refractivity contribution in [1.82, 2.24) is 14.6 Å². The molecule has 0 aliphatic carbocycles. The van der Waals surface area contributed by atoms with Crippen molar-refractivity contribution < 1.29 is 39.3 Å². The Morgan fingerprint density at radius 2 is 1.97 bits per heavy atom. The number of anilines is 1. The van der Waals surface area contributed by atoms with Crippen molar-refractivity contribution in [3.63, 3.8) is 0 Å². The first-order chi connectivity index (χ1) is 15.5. The quantitative estimate of drug-likeness (QED) is 0.445. The van der Waals surface area contributed by atoms with Gasteiger partial charge < -0.3 is 15.2 Å². The van der Waals surface area contributed by atoms with Gasteiger partial charge in [-0.25, -0.2) is 35.1 Å². The predicted molar refractivity (Wildman–Crippen MR) is 101 cm³/mol. The molecule has 1 fully saturated rings. The highest BCUT2D eigenvalue weighted by Gasteiger charge is 2.44. The first-order valence-electron chi connectivity index (χ1n) is 10.0. The number of aromatic nitrogens is 1. The SMILES string of the molecule is [2H]C([2H])([2H])n1cc(S(=O)(=O)NC2CCNCC2(F)F)c(Cl)c1C(=O)Nc1cc(F)c(F)c(F)c1. The molecule has 0 spiro atoms. The van der Waals surface area contributed by atoms with Crippen molar-refractivity contribution in [2.45, 2.75) is 23.3 Å². The molecule has 3 rings (SSSR count). The van der Waals surface area contributed by atoms with Crippen LogP contribution in [0, 0.1) is 17.5 Å². The van der Waals surface area contributed by atoms with Crippen molar-refractivity contribution in [1.29, 1.82) is 0 Å². The number of carbonyl (C=O) groups is 1. The summed E-state index contributed by atoms with van der Waals surface area (Å²) in [6, 6.07) is -1.05. The first-order valence-corrected chi connectivity index (χ1v) is 10.4. The van der Waals surface area contributed by atoms with E-state index in [1.165, 1.54) is 0 Å². The van der Waals surface area contributed by atoms with Crippen molar-refractivity contribution >= 4 is 33.2 Å². The molecule has 0 radical (unpaired) electrons. The highest BCUT2D eigenvalue weighted by Crippen LogP contribution is 2.30. The first kappa shape index (κ1) is 19.5. The van der Waals surface area contributed by atoms with Gasteiger partial charge in [0.15, 0.2) is 17.5 Å². The van der Waals surface area contributed by atoms with Crippen LogP contribution in [0.25, 0.3) is 0 Å². The number of rotatable bonds is 5. The highest BCUT2D eigenvalue weighted by atomic mass is 35.5. The van der Waals surface area contributed by atoms with E-state index in [4.69, 9.17) is 15.7 Å². The van der Waals surface area contributed by atoms with Crippen LogP contribution in [0.15, 0.2) is 23.2 Å². The molecule has 1 amide bonds. The Labute approximate surface area is 182 Å². The fraction of sp³-hybridized carbons (Fsp3) is 0.353. The van der Waals surface area contributed by atoms with Crippen LogP contribution in [0.1, 0.15) is 21.0 Å². The molecule has 14 heteroatoms. The van der Waals surface area contributed by atoms with Gasteiger partial charge >= 0.3 is 0 Å². The molecule has 1 atom stereocenters. The molecule has 1 unspecified atom stereocenters. The lowest BCUT2D eigenvalue weighted by Gasteiger charge is -2.32. The second kappa shape index (κ2) is 8.37. The molecule has 1 aromatic heterocycles. The van der Waals surface area contributed by atoms with Gasteiger partial charge in [0.2, 0.25) is 10.0 Å². The number of benzene rings is 1. The number of hydrogen-bond donors (Lipinski definition) is 3. The van der Waals surface area contributed by atoms with E-state index in [9.17, 15) is 35.2 Å². The van der Waals surface area contributed by atoms with Crippen LogP contribution < -0.4 is 15.4 Å². The van der Waals surface area contributed by atoms with Gasteiger partial charge in [0.1, 0.15) is 10.6 Å². The van der Waals surface area contributed by atoms with Gasteiger partial charge in [-0.1, -0.05) is 11.6 Å². The van der Waals surface area contributed by atoms with E-state index >= 15 is 0 Å². The zero-order valence-corrected chi connectivity index (χ0v) is 16.9. The van der Waals surface area contributed by atoms with E-state index < -0.39 is 80.2 Å². The molecule has 0 saturated carbocycles. The van der Waals surface area contributed by atoms with Crippen LogP contribution in [0.3, 0.4) is 0 Å². The van der Waals surface area contributed by atoms with Crippen molar-refractivity contribution in [2.24, 2.45) is 6.98 Å². The summed E-state index contributed by atoms with van der Waals surface area (Å²) in [5, 5.41) is 3.36. The zero-order chi connectivity index (χ0) is 25.6. The Kier molecular flexibility index (Phi) is 5.26. The predicted octanol–water partition coefficient (Wildman–Crippen LogP) is 2.62. The van der Waals surface area contributed by atoms with Crippen molar-refractivity contribution in [3.05, 3.63) is 46.5 Å². The summed E-state index contributed by atoms with van der Waals surface area (Å²) in [4.78, 5) is 11.7. The molecule has 1 aromatic carbocycles. The molecule has 2 aromatic rings. The van der Waals surface area contributed by atoms with Crippen LogP contribution >= 0.6 is 11.6 Å². The summed E-state index contributed by atoms with van der Waals surface area (Å²) in [5.74, 6) is -10.0. The molecule has 1 aliphatic rings. The minimum Gasteiger partial charge on any atom is -0.344 e. The zero-order valence-electron chi connectivity index (χ0n) is 18.3. The average molecular weight is 490 g/mol. The second-order valence-electron chi connectivity index (χ2n) is 6.63. The number of hydrogen-bond acceptors (Lipinski definition) is 4. The van der Waals surface area contributed by atoms with E-state index in [0.29, 0.717) is 18.3 Å². The maximum Gasteiger partial charge on any atom is 0.276 e. The number of nitrogens with zero attached hydrogens (tertiary/aromatic N) is 1. The third kappa shape index (κ3) is 4.68. The average Bonchev–Trinajstić information content (AvgIpc) is 3.06. The number of halogens is 6. The molecular weight excluding hydrogens is 471 g/mol.